The number of rotatable bonds is 3. The number of hydrogen-bond acceptors (Lipinski definition) is 7. The summed E-state index contributed by atoms with van der Waals surface area (Å²) in [6, 6.07) is 1.38. The van der Waals surface area contributed by atoms with Gasteiger partial charge in [0.15, 0.2) is 4.90 Å². The average Bonchev–Trinajstić information content (AvgIpc) is 2.14. The zero-order chi connectivity index (χ0) is 13.4. The smallest absolute Gasteiger partial charge is 0.744 e. The van der Waals surface area contributed by atoms with Gasteiger partial charge in [-0.3, -0.25) is 20.2 Å². The van der Waals surface area contributed by atoms with Crippen LogP contribution in [0.4, 0.5) is 11.4 Å². The van der Waals surface area contributed by atoms with Gasteiger partial charge in [-0.05, 0) is 6.07 Å². The summed E-state index contributed by atoms with van der Waals surface area (Å²) in [6.45, 7) is 0. The van der Waals surface area contributed by atoms with Crippen LogP contribution in [-0.4, -0.2) is 22.8 Å². The summed E-state index contributed by atoms with van der Waals surface area (Å²) in [4.78, 5) is 17.1. The molecule has 9 nitrogen and oxygen atoms in total. The minimum absolute atomic E-state index is 0. The fraction of sp³-hybridized carbons (Fsp3) is 0. The van der Waals surface area contributed by atoms with Gasteiger partial charge < -0.3 is 4.55 Å². The fourth-order valence-corrected chi connectivity index (χ4v) is 2.26. The standard InChI is InChI=1S/C6H3ClN2O7S.K/c7-3-1-2-4(8(10)11)5(9(12)13)6(3)17(14,15)16;/h1-2H,(H,14,15,16);/q;+1/p-1. The van der Waals surface area contributed by atoms with Crippen LogP contribution < -0.4 is 51.4 Å². The van der Waals surface area contributed by atoms with Gasteiger partial charge in [-0.1, -0.05) is 11.6 Å². The van der Waals surface area contributed by atoms with Gasteiger partial charge in [-0.15, -0.1) is 0 Å². The van der Waals surface area contributed by atoms with E-state index in [-0.39, 0.29) is 51.4 Å². The minimum atomic E-state index is -5.29. The Morgan fingerprint density at radius 1 is 1.11 bits per heavy atom. The fourth-order valence-electron chi connectivity index (χ4n) is 1.10. The van der Waals surface area contributed by atoms with Crippen molar-refractivity contribution in [1.29, 1.82) is 0 Å². The maximum absolute atomic E-state index is 10.8. The summed E-state index contributed by atoms with van der Waals surface area (Å²) in [5, 5.41) is 20.3. The molecule has 1 aromatic carbocycles. The molecule has 0 heterocycles. The van der Waals surface area contributed by atoms with Gasteiger partial charge in [-0.2, -0.15) is 0 Å². The Morgan fingerprint density at radius 2 is 1.61 bits per heavy atom. The van der Waals surface area contributed by atoms with E-state index in [0.717, 1.165) is 6.07 Å². The monoisotopic (exact) mass is 320 g/mol. The zero-order valence-corrected chi connectivity index (χ0v) is 13.4. The van der Waals surface area contributed by atoms with Crippen LogP contribution in [0.2, 0.25) is 5.02 Å². The van der Waals surface area contributed by atoms with E-state index in [0.29, 0.717) is 6.07 Å². The average molecular weight is 321 g/mol. The molecular formula is C6H2ClKN2O7S. The number of benzene rings is 1. The van der Waals surface area contributed by atoms with Gasteiger partial charge in [0.05, 0.1) is 14.9 Å². The van der Waals surface area contributed by atoms with Gasteiger partial charge >= 0.3 is 62.8 Å². The van der Waals surface area contributed by atoms with Crippen molar-refractivity contribution in [2.75, 3.05) is 0 Å². The molecule has 0 aliphatic rings. The first kappa shape index (κ1) is 17.9. The summed E-state index contributed by atoms with van der Waals surface area (Å²) in [7, 11) is -5.29. The van der Waals surface area contributed by atoms with Crippen molar-refractivity contribution in [3.63, 3.8) is 0 Å². The minimum Gasteiger partial charge on any atom is -0.744 e. The van der Waals surface area contributed by atoms with Crippen LogP contribution in [0, 0.1) is 20.2 Å². The summed E-state index contributed by atoms with van der Waals surface area (Å²) in [5.74, 6) is 0. The van der Waals surface area contributed by atoms with Crippen molar-refractivity contribution in [2.24, 2.45) is 0 Å². The van der Waals surface area contributed by atoms with Crippen molar-refractivity contribution in [3.05, 3.63) is 37.4 Å². The molecule has 0 aliphatic carbocycles. The molecule has 92 valence electrons. The molecule has 0 bridgehead atoms. The molecule has 18 heavy (non-hydrogen) atoms. The Balaban J connectivity index is 0.00000289. The number of nitrogens with zero attached hydrogens (tertiary/aromatic N) is 2. The maximum Gasteiger partial charge on any atom is 1.00 e. The molecule has 0 amide bonds. The molecule has 0 unspecified atom stereocenters. The van der Waals surface area contributed by atoms with Crippen molar-refractivity contribution in [2.45, 2.75) is 4.90 Å². The first-order chi connectivity index (χ1) is 7.66. The summed E-state index contributed by atoms with van der Waals surface area (Å²) in [6.07, 6.45) is 0. The summed E-state index contributed by atoms with van der Waals surface area (Å²) < 4.78 is 32.4. The van der Waals surface area contributed by atoms with Crippen molar-refractivity contribution in [1.82, 2.24) is 0 Å². The second-order valence-electron chi connectivity index (χ2n) is 2.71. The van der Waals surface area contributed by atoms with Gasteiger partial charge in [-0.25, -0.2) is 8.42 Å². The Labute approximate surface area is 148 Å². The topological polar surface area (TPSA) is 143 Å². The Bertz CT molecular complexity index is 617. The first-order valence-electron chi connectivity index (χ1n) is 3.73. The molecular weight excluding hydrogens is 319 g/mol. The molecule has 0 saturated carbocycles. The Hall–Kier alpha value is -0.144. The van der Waals surface area contributed by atoms with E-state index in [4.69, 9.17) is 11.6 Å². The van der Waals surface area contributed by atoms with Gasteiger partial charge in [0, 0.05) is 6.07 Å². The van der Waals surface area contributed by atoms with Crippen LogP contribution in [-0.2, 0) is 10.1 Å². The Morgan fingerprint density at radius 3 is 1.94 bits per heavy atom. The Kier molecular flexibility index (Phi) is 6.29. The number of hydrogen-bond donors (Lipinski definition) is 0. The molecule has 12 heteroatoms. The maximum atomic E-state index is 10.8. The number of nitro benzene ring substituents is 2. The number of halogens is 1. The molecule has 1 aromatic rings. The van der Waals surface area contributed by atoms with Crippen molar-refractivity contribution < 1.29 is 74.2 Å². The SMILES string of the molecule is O=[N+]([O-])c1ccc(Cl)c(S(=O)(=O)[O-])c1[N+](=O)[O-].[K+]. The molecule has 0 aromatic heterocycles. The van der Waals surface area contributed by atoms with Gasteiger partial charge in [0.25, 0.3) is 0 Å². The molecule has 0 atom stereocenters. The van der Waals surface area contributed by atoms with Crippen LogP contribution in [0.15, 0.2) is 17.0 Å². The van der Waals surface area contributed by atoms with E-state index in [9.17, 15) is 33.2 Å². The van der Waals surface area contributed by atoms with E-state index in [1.165, 1.54) is 0 Å². The first-order valence-corrected chi connectivity index (χ1v) is 5.52. The van der Waals surface area contributed by atoms with E-state index in [2.05, 4.69) is 0 Å². The largest absolute Gasteiger partial charge is 1.00 e. The molecule has 0 spiro atoms. The van der Waals surface area contributed by atoms with Crippen molar-refractivity contribution >= 4 is 33.1 Å². The van der Waals surface area contributed by atoms with Crippen molar-refractivity contribution in [3.8, 4) is 0 Å². The summed E-state index contributed by atoms with van der Waals surface area (Å²) in [5.41, 5.74) is -2.55. The normalized spacial score (nSPS) is 10.6. The predicted octanol–water partition coefficient (Wildman–Crippen LogP) is -1.94. The van der Waals surface area contributed by atoms with Gasteiger partial charge in [0.1, 0.15) is 10.1 Å². The van der Waals surface area contributed by atoms with E-state index in [1.807, 2.05) is 0 Å². The summed E-state index contributed by atoms with van der Waals surface area (Å²) >= 11 is 5.33. The van der Waals surface area contributed by atoms with E-state index in [1.54, 1.807) is 0 Å². The van der Waals surface area contributed by atoms with Gasteiger partial charge in [0.2, 0.25) is 0 Å². The van der Waals surface area contributed by atoms with Crippen LogP contribution >= 0.6 is 11.6 Å². The quantitative estimate of drug-likeness (QED) is 0.273. The van der Waals surface area contributed by atoms with E-state index < -0.39 is 41.3 Å². The van der Waals surface area contributed by atoms with Crippen LogP contribution in [0.25, 0.3) is 0 Å². The molecule has 0 radical (unpaired) electrons. The third kappa shape index (κ3) is 3.68. The van der Waals surface area contributed by atoms with Crippen LogP contribution in [0.3, 0.4) is 0 Å². The second-order valence-corrected chi connectivity index (χ2v) is 4.44. The third-order valence-electron chi connectivity index (χ3n) is 1.69. The second kappa shape index (κ2) is 6.34. The molecule has 0 aliphatic heterocycles. The zero-order valence-electron chi connectivity index (χ0n) is 8.69. The molecule has 0 fully saturated rings. The van der Waals surface area contributed by atoms with Crippen LogP contribution in [0.1, 0.15) is 0 Å². The molecule has 1 rings (SSSR count). The number of nitro groups is 2. The predicted molar refractivity (Wildman–Crippen MR) is 52.7 cm³/mol. The van der Waals surface area contributed by atoms with Crippen LogP contribution in [0.5, 0.6) is 0 Å². The third-order valence-corrected chi connectivity index (χ3v) is 3.03. The molecule has 0 saturated heterocycles. The molecule has 0 N–H and O–H groups in total. The van der Waals surface area contributed by atoms with E-state index >= 15 is 0 Å².